The molecule has 0 spiro atoms. The summed E-state index contributed by atoms with van der Waals surface area (Å²) in [4.78, 5) is 29.9. The number of carbonyl (C=O) groups excluding carboxylic acids is 1. The summed E-state index contributed by atoms with van der Waals surface area (Å²) >= 11 is 0. The van der Waals surface area contributed by atoms with Crippen LogP contribution in [0.5, 0.6) is 11.5 Å². The second-order valence-corrected chi connectivity index (χ2v) is 8.50. The average molecular weight is 540 g/mol. The van der Waals surface area contributed by atoms with Gasteiger partial charge in [-0.25, -0.2) is 14.8 Å². The molecule has 1 aliphatic rings. The fourth-order valence-electron chi connectivity index (χ4n) is 3.89. The summed E-state index contributed by atoms with van der Waals surface area (Å²) in [6.45, 7) is 0.504. The minimum Gasteiger partial charge on any atom is -0.497 e. The maximum atomic E-state index is 11.4. The number of nitrogens with zero attached hydrogens (tertiary/aromatic N) is 2. The van der Waals surface area contributed by atoms with Gasteiger partial charge in [0.25, 0.3) is 0 Å². The first kappa shape index (κ1) is 27.2. The molecular weight excluding hydrogens is 517 g/mol. The summed E-state index contributed by atoms with van der Waals surface area (Å²) in [7, 11) is 1.66. The molecule has 1 aliphatic heterocycles. The highest BCUT2D eigenvalue weighted by atomic mass is 19.4. The second kappa shape index (κ2) is 11.3. The van der Waals surface area contributed by atoms with E-state index in [4.69, 9.17) is 35.1 Å². The number of nitrogens with one attached hydrogen (secondary N) is 1. The van der Waals surface area contributed by atoms with Crippen LogP contribution >= 0.6 is 0 Å². The topological polar surface area (TPSA) is 137 Å². The minimum atomic E-state index is -5.08. The monoisotopic (exact) mass is 540 g/mol. The summed E-state index contributed by atoms with van der Waals surface area (Å²) in [5, 5.41) is 11.4. The molecule has 0 radical (unpaired) electrons. The van der Waals surface area contributed by atoms with Crippen molar-refractivity contribution in [3.63, 3.8) is 0 Å². The third kappa shape index (κ3) is 6.53. The van der Waals surface area contributed by atoms with Gasteiger partial charge in [0.15, 0.2) is 0 Å². The number of nitrogens with two attached hydrogens (primary N) is 1. The highest BCUT2D eigenvalue weighted by Gasteiger charge is 2.38. The second-order valence-electron chi connectivity index (χ2n) is 8.50. The number of halogens is 3. The van der Waals surface area contributed by atoms with Crippen molar-refractivity contribution >= 4 is 34.3 Å². The number of aliphatic carboxylic acids is 1. The van der Waals surface area contributed by atoms with E-state index >= 15 is 0 Å². The van der Waals surface area contributed by atoms with Crippen molar-refractivity contribution in [3.05, 3.63) is 83.7 Å². The number of anilines is 2. The Morgan fingerprint density at radius 3 is 2.41 bits per heavy atom. The molecule has 9 nitrogen and oxygen atoms in total. The Bertz CT molecular complexity index is 1510. The molecule has 1 amide bonds. The zero-order valence-corrected chi connectivity index (χ0v) is 20.5. The third-order valence-corrected chi connectivity index (χ3v) is 5.83. The number of primary amides is 1. The molecule has 4 aromatic rings. The predicted octanol–water partition coefficient (Wildman–Crippen LogP) is 4.83. The number of rotatable bonds is 5. The molecule has 202 valence electrons. The van der Waals surface area contributed by atoms with E-state index in [-0.39, 0.29) is 5.92 Å². The standard InChI is InChI=1S/C25H22N4O3.C2HF3O2/c1-31-19-10-11-22-16(13-19)12-17(14-32-22)24-28-21-5-3-2-4-20(21)25(29-24)27-18-8-6-15(7-9-18)23(26)30;3-2(4,5)1(6)7/h2-11,13,17H,12,14H2,1H3,(H2,26,30)(H,27,28,29);(H,6,7). The molecule has 0 saturated carbocycles. The molecule has 0 bridgehead atoms. The van der Waals surface area contributed by atoms with Gasteiger partial charge < -0.3 is 25.6 Å². The number of alkyl halides is 3. The minimum absolute atomic E-state index is 0.0111. The zero-order chi connectivity index (χ0) is 28.2. The first-order chi connectivity index (χ1) is 18.5. The number of hydrogen-bond acceptors (Lipinski definition) is 7. The van der Waals surface area contributed by atoms with E-state index in [0.29, 0.717) is 23.8 Å². The lowest BCUT2D eigenvalue weighted by Crippen LogP contribution is -2.21. The maximum Gasteiger partial charge on any atom is 0.490 e. The van der Waals surface area contributed by atoms with Crippen LogP contribution in [-0.4, -0.2) is 46.8 Å². The molecular formula is C27H23F3N4O5. The summed E-state index contributed by atoms with van der Waals surface area (Å²) in [6.07, 6.45) is -4.32. The highest BCUT2D eigenvalue weighted by Crippen LogP contribution is 2.35. The summed E-state index contributed by atoms with van der Waals surface area (Å²) in [6, 6.07) is 20.7. The van der Waals surface area contributed by atoms with Gasteiger partial charge in [-0.05, 0) is 66.6 Å². The number of carboxylic acid groups (broad SMARTS) is 1. The number of amides is 1. The van der Waals surface area contributed by atoms with Crippen molar-refractivity contribution in [2.24, 2.45) is 5.73 Å². The number of hydrogen-bond donors (Lipinski definition) is 3. The molecule has 0 saturated heterocycles. The van der Waals surface area contributed by atoms with Crippen molar-refractivity contribution in [1.82, 2.24) is 9.97 Å². The number of carbonyl (C=O) groups is 2. The van der Waals surface area contributed by atoms with Gasteiger partial charge in [-0.15, -0.1) is 0 Å². The van der Waals surface area contributed by atoms with Gasteiger partial charge in [0.05, 0.1) is 25.2 Å². The number of para-hydroxylation sites is 1. The Balaban J connectivity index is 0.000000448. The highest BCUT2D eigenvalue weighted by molar-refractivity contribution is 5.94. The number of methoxy groups -OCH3 is 1. The van der Waals surface area contributed by atoms with E-state index in [1.165, 1.54) is 0 Å². The summed E-state index contributed by atoms with van der Waals surface area (Å²) in [5.41, 5.74) is 8.54. The van der Waals surface area contributed by atoms with Gasteiger partial charge in [-0.2, -0.15) is 13.2 Å². The first-order valence-electron chi connectivity index (χ1n) is 11.6. The van der Waals surface area contributed by atoms with E-state index < -0.39 is 18.1 Å². The van der Waals surface area contributed by atoms with Crippen LogP contribution in [0.15, 0.2) is 66.7 Å². The van der Waals surface area contributed by atoms with Gasteiger partial charge >= 0.3 is 12.1 Å². The van der Waals surface area contributed by atoms with Crippen molar-refractivity contribution in [2.45, 2.75) is 18.5 Å². The van der Waals surface area contributed by atoms with E-state index in [9.17, 15) is 18.0 Å². The van der Waals surface area contributed by atoms with Gasteiger partial charge in [0, 0.05) is 16.6 Å². The smallest absolute Gasteiger partial charge is 0.490 e. The van der Waals surface area contributed by atoms with Crippen LogP contribution in [0.25, 0.3) is 10.9 Å². The summed E-state index contributed by atoms with van der Waals surface area (Å²) in [5.74, 6) is -0.114. The van der Waals surface area contributed by atoms with E-state index in [1.807, 2.05) is 54.6 Å². The largest absolute Gasteiger partial charge is 0.497 e. The van der Waals surface area contributed by atoms with Gasteiger partial charge in [-0.1, -0.05) is 12.1 Å². The number of carboxylic acids is 1. The van der Waals surface area contributed by atoms with Crippen molar-refractivity contribution < 1.29 is 37.3 Å². The SMILES string of the molecule is COc1ccc2c(c1)CC(c1nc(Nc3ccc(C(N)=O)cc3)c3ccccc3n1)CO2.O=C(O)C(F)(F)F. The van der Waals surface area contributed by atoms with Crippen molar-refractivity contribution in [2.75, 3.05) is 19.0 Å². The number of ether oxygens (including phenoxy) is 2. The van der Waals surface area contributed by atoms with E-state index in [2.05, 4.69) is 5.32 Å². The molecule has 1 aromatic heterocycles. The molecule has 0 aliphatic carbocycles. The fourth-order valence-corrected chi connectivity index (χ4v) is 3.89. The van der Waals surface area contributed by atoms with E-state index in [0.717, 1.165) is 40.1 Å². The maximum absolute atomic E-state index is 11.4. The average Bonchev–Trinajstić information content (AvgIpc) is 2.92. The van der Waals surface area contributed by atoms with Crippen molar-refractivity contribution in [1.29, 1.82) is 0 Å². The molecule has 1 atom stereocenters. The Labute approximate surface area is 220 Å². The van der Waals surface area contributed by atoms with E-state index in [1.54, 1.807) is 19.2 Å². The van der Waals surface area contributed by atoms with Crippen molar-refractivity contribution in [3.8, 4) is 11.5 Å². The van der Waals surface area contributed by atoms with Crippen LogP contribution in [0.3, 0.4) is 0 Å². The number of benzene rings is 3. The molecule has 2 heterocycles. The normalized spacial score (nSPS) is 14.3. The molecule has 0 fully saturated rings. The zero-order valence-electron chi connectivity index (χ0n) is 20.5. The fraction of sp³-hybridized carbons (Fsp3) is 0.185. The lowest BCUT2D eigenvalue weighted by atomic mass is 9.95. The van der Waals surface area contributed by atoms with Crippen LogP contribution in [0.2, 0.25) is 0 Å². The molecule has 3 aromatic carbocycles. The van der Waals surface area contributed by atoms with Crippen LogP contribution in [0.1, 0.15) is 27.7 Å². The molecule has 5 rings (SSSR count). The number of aromatic nitrogens is 2. The van der Waals surface area contributed by atoms with Gasteiger partial charge in [0.2, 0.25) is 5.91 Å². The lowest BCUT2D eigenvalue weighted by molar-refractivity contribution is -0.192. The Morgan fingerprint density at radius 1 is 1.08 bits per heavy atom. The Hall–Kier alpha value is -4.87. The van der Waals surface area contributed by atoms with Crippen LogP contribution in [0, 0.1) is 0 Å². The molecule has 39 heavy (non-hydrogen) atoms. The Kier molecular flexibility index (Phi) is 7.84. The first-order valence-corrected chi connectivity index (χ1v) is 11.6. The number of fused-ring (bicyclic) bond motifs is 2. The third-order valence-electron chi connectivity index (χ3n) is 5.83. The molecule has 4 N–H and O–H groups in total. The van der Waals surface area contributed by atoms with Crippen LogP contribution in [-0.2, 0) is 11.2 Å². The Morgan fingerprint density at radius 2 is 1.77 bits per heavy atom. The van der Waals surface area contributed by atoms with Gasteiger partial charge in [-0.3, -0.25) is 4.79 Å². The van der Waals surface area contributed by atoms with Gasteiger partial charge in [0.1, 0.15) is 23.1 Å². The quantitative estimate of drug-likeness (QED) is 0.327. The predicted molar refractivity (Wildman–Crippen MR) is 136 cm³/mol. The van der Waals surface area contributed by atoms with Crippen LogP contribution < -0.4 is 20.5 Å². The molecule has 12 heteroatoms. The summed E-state index contributed by atoms with van der Waals surface area (Å²) < 4.78 is 43.1. The lowest BCUT2D eigenvalue weighted by Gasteiger charge is -2.25. The van der Waals surface area contributed by atoms with Crippen LogP contribution in [0.4, 0.5) is 24.7 Å². The molecule has 1 unspecified atom stereocenters.